The summed E-state index contributed by atoms with van der Waals surface area (Å²) < 4.78 is 0. The summed E-state index contributed by atoms with van der Waals surface area (Å²) in [6, 6.07) is 13.1. The van der Waals surface area contributed by atoms with Gasteiger partial charge in [-0.3, -0.25) is 4.79 Å². The molecule has 0 aromatic heterocycles. The Bertz CT molecular complexity index is 640. The van der Waals surface area contributed by atoms with Crippen LogP contribution in [0.15, 0.2) is 42.5 Å². The zero-order chi connectivity index (χ0) is 15.2. The second-order valence-corrected chi connectivity index (χ2v) is 5.33. The maximum atomic E-state index is 12.3. The van der Waals surface area contributed by atoms with E-state index < -0.39 is 0 Å². The number of carbonyl (C=O) groups is 1. The summed E-state index contributed by atoms with van der Waals surface area (Å²) in [5.74, 6) is -0.143. The Morgan fingerprint density at radius 3 is 2.76 bits per heavy atom. The number of hydrogen-bond acceptors (Lipinski definition) is 2. The Kier molecular flexibility index (Phi) is 5.37. The van der Waals surface area contributed by atoms with E-state index >= 15 is 0 Å². The van der Waals surface area contributed by atoms with Gasteiger partial charge in [-0.15, -0.1) is 0 Å². The number of nitrogens with one attached hydrogen (secondary N) is 2. The molecule has 0 unspecified atom stereocenters. The molecular formula is C17H19ClN2O. The van der Waals surface area contributed by atoms with E-state index in [1.807, 2.05) is 37.3 Å². The van der Waals surface area contributed by atoms with Crippen molar-refractivity contribution in [3.05, 3.63) is 64.2 Å². The topological polar surface area (TPSA) is 41.1 Å². The largest absolute Gasteiger partial charge is 0.322 e. The maximum Gasteiger partial charge on any atom is 0.255 e. The number of anilines is 1. The highest BCUT2D eigenvalue weighted by Crippen LogP contribution is 2.18. The first-order valence-corrected chi connectivity index (χ1v) is 7.35. The predicted octanol–water partition coefficient (Wildman–Crippen LogP) is 4.01. The second kappa shape index (κ2) is 7.25. The zero-order valence-corrected chi connectivity index (χ0v) is 13.0. The molecule has 2 N–H and O–H groups in total. The summed E-state index contributed by atoms with van der Waals surface area (Å²) in [5.41, 5.74) is 3.42. The summed E-state index contributed by atoms with van der Waals surface area (Å²) in [6.07, 6.45) is 0. The Morgan fingerprint density at radius 1 is 1.19 bits per heavy atom. The average Bonchev–Trinajstić information content (AvgIpc) is 2.48. The van der Waals surface area contributed by atoms with Gasteiger partial charge in [-0.25, -0.2) is 0 Å². The van der Waals surface area contributed by atoms with Crippen LogP contribution in [0.5, 0.6) is 0 Å². The van der Waals surface area contributed by atoms with Gasteiger partial charge in [0.15, 0.2) is 0 Å². The van der Waals surface area contributed by atoms with Gasteiger partial charge in [-0.1, -0.05) is 36.7 Å². The summed E-state index contributed by atoms with van der Waals surface area (Å²) >= 11 is 5.96. The van der Waals surface area contributed by atoms with Crippen LogP contribution >= 0.6 is 11.6 Å². The molecule has 0 saturated carbocycles. The lowest BCUT2D eigenvalue weighted by Gasteiger charge is -2.10. The van der Waals surface area contributed by atoms with Gasteiger partial charge in [-0.2, -0.15) is 0 Å². The monoisotopic (exact) mass is 302 g/mol. The molecule has 3 nitrogen and oxygen atoms in total. The van der Waals surface area contributed by atoms with Gasteiger partial charge < -0.3 is 10.6 Å². The predicted molar refractivity (Wildman–Crippen MR) is 88.0 cm³/mol. The normalized spacial score (nSPS) is 10.4. The van der Waals surface area contributed by atoms with Crippen molar-refractivity contribution in [2.75, 3.05) is 11.9 Å². The van der Waals surface area contributed by atoms with Crippen molar-refractivity contribution < 1.29 is 4.79 Å². The average molecular weight is 303 g/mol. The molecule has 0 spiro atoms. The van der Waals surface area contributed by atoms with Crippen LogP contribution in [0.25, 0.3) is 0 Å². The molecule has 0 bridgehead atoms. The SMILES string of the molecule is CCNCc1cccc(NC(=O)c2cc(Cl)ccc2C)c1. The molecule has 2 aromatic rings. The van der Waals surface area contributed by atoms with E-state index in [-0.39, 0.29) is 5.91 Å². The van der Waals surface area contributed by atoms with Gasteiger partial charge in [0, 0.05) is 22.8 Å². The molecule has 2 rings (SSSR count). The van der Waals surface area contributed by atoms with Crippen LogP contribution in [-0.2, 0) is 6.54 Å². The maximum absolute atomic E-state index is 12.3. The van der Waals surface area contributed by atoms with E-state index in [1.165, 1.54) is 0 Å². The first kappa shape index (κ1) is 15.5. The van der Waals surface area contributed by atoms with Gasteiger partial charge in [0.1, 0.15) is 0 Å². The minimum atomic E-state index is -0.143. The smallest absolute Gasteiger partial charge is 0.255 e. The van der Waals surface area contributed by atoms with Crippen molar-refractivity contribution in [2.45, 2.75) is 20.4 Å². The number of amides is 1. The molecule has 1 amide bonds. The molecule has 0 aliphatic rings. The number of rotatable bonds is 5. The molecule has 0 atom stereocenters. The third-order valence-corrected chi connectivity index (χ3v) is 3.44. The van der Waals surface area contributed by atoms with Crippen molar-refractivity contribution in [1.82, 2.24) is 5.32 Å². The molecule has 0 aliphatic carbocycles. The first-order valence-electron chi connectivity index (χ1n) is 6.97. The van der Waals surface area contributed by atoms with E-state index in [9.17, 15) is 4.79 Å². The quantitative estimate of drug-likeness (QED) is 0.876. The fourth-order valence-electron chi connectivity index (χ4n) is 2.07. The highest BCUT2D eigenvalue weighted by molar-refractivity contribution is 6.31. The standard InChI is InChI=1S/C17H19ClN2O/c1-3-19-11-13-5-4-6-15(9-13)20-17(21)16-10-14(18)8-7-12(16)2/h4-10,19H,3,11H2,1-2H3,(H,20,21). The molecule has 21 heavy (non-hydrogen) atoms. The first-order chi connectivity index (χ1) is 10.1. The second-order valence-electron chi connectivity index (χ2n) is 4.89. The highest BCUT2D eigenvalue weighted by atomic mass is 35.5. The third-order valence-electron chi connectivity index (χ3n) is 3.21. The molecule has 0 saturated heterocycles. The van der Waals surface area contributed by atoms with Crippen molar-refractivity contribution in [3.8, 4) is 0 Å². The minimum Gasteiger partial charge on any atom is -0.322 e. The molecule has 0 aliphatic heterocycles. The van der Waals surface area contributed by atoms with Gasteiger partial charge in [0.2, 0.25) is 0 Å². The van der Waals surface area contributed by atoms with Gasteiger partial charge in [-0.05, 0) is 48.9 Å². The Hall–Kier alpha value is -1.84. The Balaban J connectivity index is 2.14. The number of carbonyl (C=O) groups excluding carboxylic acids is 1. The zero-order valence-electron chi connectivity index (χ0n) is 12.2. The Labute approximate surface area is 130 Å². The molecular weight excluding hydrogens is 284 g/mol. The number of halogens is 1. The van der Waals surface area contributed by atoms with Gasteiger partial charge in [0.25, 0.3) is 5.91 Å². The van der Waals surface area contributed by atoms with Crippen LogP contribution in [0.2, 0.25) is 5.02 Å². The van der Waals surface area contributed by atoms with Crippen molar-refractivity contribution in [3.63, 3.8) is 0 Å². The van der Waals surface area contributed by atoms with Crippen LogP contribution < -0.4 is 10.6 Å². The van der Waals surface area contributed by atoms with Crippen LogP contribution in [0.3, 0.4) is 0 Å². The van der Waals surface area contributed by atoms with Crippen LogP contribution in [0.4, 0.5) is 5.69 Å². The lowest BCUT2D eigenvalue weighted by Crippen LogP contribution is -2.15. The third kappa shape index (κ3) is 4.31. The van der Waals surface area contributed by atoms with E-state index in [1.54, 1.807) is 12.1 Å². The van der Waals surface area contributed by atoms with E-state index in [4.69, 9.17) is 11.6 Å². The van der Waals surface area contributed by atoms with E-state index in [0.717, 1.165) is 29.9 Å². The summed E-state index contributed by atoms with van der Waals surface area (Å²) in [7, 11) is 0. The van der Waals surface area contributed by atoms with Crippen LogP contribution in [-0.4, -0.2) is 12.5 Å². The van der Waals surface area contributed by atoms with Crippen LogP contribution in [0, 0.1) is 6.92 Å². The van der Waals surface area contributed by atoms with Gasteiger partial charge in [0.05, 0.1) is 0 Å². The lowest BCUT2D eigenvalue weighted by atomic mass is 10.1. The summed E-state index contributed by atoms with van der Waals surface area (Å²) in [5, 5.41) is 6.74. The molecule has 4 heteroatoms. The number of benzene rings is 2. The van der Waals surface area contributed by atoms with Gasteiger partial charge >= 0.3 is 0 Å². The molecule has 0 fully saturated rings. The van der Waals surface area contributed by atoms with Crippen molar-refractivity contribution in [2.24, 2.45) is 0 Å². The number of aryl methyl sites for hydroxylation is 1. The molecule has 0 heterocycles. The lowest BCUT2D eigenvalue weighted by molar-refractivity contribution is 0.102. The fraction of sp³-hybridized carbons (Fsp3) is 0.235. The minimum absolute atomic E-state index is 0.143. The van der Waals surface area contributed by atoms with Crippen molar-refractivity contribution in [1.29, 1.82) is 0 Å². The summed E-state index contributed by atoms with van der Waals surface area (Å²) in [6.45, 7) is 5.66. The fourth-order valence-corrected chi connectivity index (χ4v) is 2.24. The van der Waals surface area contributed by atoms with Crippen molar-refractivity contribution >= 4 is 23.2 Å². The molecule has 110 valence electrons. The molecule has 0 radical (unpaired) electrons. The summed E-state index contributed by atoms with van der Waals surface area (Å²) in [4.78, 5) is 12.3. The Morgan fingerprint density at radius 2 is 2.00 bits per heavy atom. The van der Waals surface area contributed by atoms with Crippen LogP contribution in [0.1, 0.15) is 28.4 Å². The van der Waals surface area contributed by atoms with E-state index in [2.05, 4.69) is 17.6 Å². The van der Waals surface area contributed by atoms with E-state index in [0.29, 0.717) is 10.6 Å². The number of hydrogen-bond donors (Lipinski definition) is 2. The molecule has 2 aromatic carbocycles. The highest BCUT2D eigenvalue weighted by Gasteiger charge is 2.10.